The van der Waals surface area contributed by atoms with E-state index in [1.807, 2.05) is 0 Å². The van der Waals surface area contributed by atoms with Crippen LogP contribution in [-0.4, -0.2) is 69.0 Å². The van der Waals surface area contributed by atoms with Crippen molar-refractivity contribution in [2.24, 2.45) is 34.5 Å². The average molecular weight is 442 g/mol. The Balaban J connectivity index is 0.000000349. The number of carbonyl (C=O) groups excluding carboxylic acids is 1. The molecule has 2 spiro atoms. The molecule has 6 aliphatic rings. The lowest BCUT2D eigenvalue weighted by atomic mass is 9.73. The summed E-state index contributed by atoms with van der Waals surface area (Å²) < 4.78 is 37.6. The number of ether oxygens (including phenoxy) is 2. The summed E-state index contributed by atoms with van der Waals surface area (Å²) >= 11 is 0. The molecule has 5 atom stereocenters. The second kappa shape index (κ2) is 7.42. The molecule has 170 valence electrons. The van der Waals surface area contributed by atoms with Gasteiger partial charge in [-0.2, -0.15) is 8.42 Å². The molecule has 2 heterocycles. The van der Waals surface area contributed by atoms with Crippen LogP contribution in [0.5, 0.6) is 0 Å². The Morgan fingerprint density at radius 3 is 2.23 bits per heavy atom. The van der Waals surface area contributed by atoms with Gasteiger partial charge in [-0.3, -0.25) is 14.2 Å². The molecular weight excluding hydrogens is 406 g/mol. The van der Waals surface area contributed by atoms with Gasteiger partial charge in [-0.05, 0) is 68.1 Å². The first-order chi connectivity index (χ1) is 14.2. The van der Waals surface area contributed by atoms with E-state index < -0.39 is 10.1 Å². The zero-order valence-corrected chi connectivity index (χ0v) is 18.7. The maximum absolute atomic E-state index is 12.8. The molecule has 8 heteroatoms. The molecule has 0 unspecified atom stereocenters. The molecule has 0 aromatic carbocycles. The summed E-state index contributed by atoms with van der Waals surface area (Å²) in [5, 5.41) is 0. The Kier molecular flexibility index (Phi) is 5.24. The van der Waals surface area contributed by atoms with Gasteiger partial charge in [-0.15, -0.1) is 0 Å². The molecule has 0 aromatic rings. The van der Waals surface area contributed by atoms with Crippen molar-refractivity contribution in [1.29, 1.82) is 0 Å². The molecule has 30 heavy (non-hydrogen) atoms. The van der Waals surface area contributed by atoms with E-state index in [2.05, 4.69) is 4.90 Å². The number of esters is 1. The van der Waals surface area contributed by atoms with Crippen LogP contribution in [-0.2, 0) is 24.4 Å². The van der Waals surface area contributed by atoms with Crippen molar-refractivity contribution in [3.05, 3.63) is 0 Å². The van der Waals surface area contributed by atoms with Crippen molar-refractivity contribution >= 4 is 16.1 Å². The van der Waals surface area contributed by atoms with Crippen molar-refractivity contribution < 1.29 is 27.2 Å². The summed E-state index contributed by atoms with van der Waals surface area (Å²) in [5.74, 6) is 2.28. The smallest absolute Gasteiger partial charge is 0.310 e. The first-order valence-electron chi connectivity index (χ1n) is 11.6. The molecule has 6 rings (SSSR count). The van der Waals surface area contributed by atoms with Gasteiger partial charge in [0.2, 0.25) is 0 Å². The topological polar surface area (TPSA) is 93.1 Å². The van der Waals surface area contributed by atoms with Crippen LogP contribution in [0.2, 0.25) is 0 Å². The van der Waals surface area contributed by atoms with E-state index in [1.54, 1.807) is 0 Å². The third-order valence-electron chi connectivity index (χ3n) is 9.05. The first kappa shape index (κ1) is 21.2. The van der Waals surface area contributed by atoms with E-state index in [1.165, 1.54) is 51.4 Å². The van der Waals surface area contributed by atoms with Crippen LogP contribution in [0.3, 0.4) is 0 Å². The third-order valence-corrected chi connectivity index (χ3v) is 9.05. The van der Waals surface area contributed by atoms with Crippen molar-refractivity contribution in [3.63, 3.8) is 0 Å². The highest BCUT2D eigenvalue weighted by Gasteiger charge is 2.69. The number of hydrogen-bond donors (Lipinski definition) is 1. The predicted octanol–water partition coefficient (Wildman–Crippen LogP) is 2.36. The van der Waals surface area contributed by atoms with Gasteiger partial charge in [0.1, 0.15) is 6.10 Å². The highest BCUT2D eigenvalue weighted by atomic mass is 32.2. The third kappa shape index (κ3) is 3.93. The fourth-order valence-corrected chi connectivity index (χ4v) is 7.33. The van der Waals surface area contributed by atoms with Crippen LogP contribution in [0, 0.1) is 34.5 Å². The van der Waals surface area contributed by atoms with E-state index in [9.17, 15) is 13.2 Å². The lowest BCUT2D eigenvalue weighted by Crippen LogP contribution is -2.42. The minimum absolute atomic E-state index is 0.119. The van der Waals surface area contributed by atoms with Crippen LogP contribution in [0.1, 0.15) is 51.4 Å². The second-order valence-electron chi connectivity index (χ2n) is 10.8. The average Bonchev–Trinajstić information content (AvgIpc) is 3.56. The number of rotatable bonds is 2. The number of fused-ring (bicyclic) bond motifs is 5. The minimum atomic E-state index is -3.67. The van der Waals surface area contributed by atoms with Crippen LogP contribution in [0.15, 0.2) is 0 Å². The monoisotopic (exact) mass is 441 g/mol. The highest BCUT2D eigenvalue weighted by Crippen LogP contribution is 2.74. The first-order valence-corrected chi connectivity index (χ1v) is 13.5. The van der Waals surface area contributed by atoms with E-state index in [0.717, 1.165) is 38.8 Å². The molecule has 2 aliphatic heterocycles. The normalized spacial score (nSPS) is 40.7. The van der Waals surface area contributed by atoms with Crippen LogP contribution < -0.4 is 0 Å². The predicted molar refractivity (Wildman–Crippen MR) is 110 cm³/mol. The molecule has 6 fully saturated rings. The lowest BCUT2D eigenvalue weighted by molar-refractivity contribution is -0.148. The Labute approximate surface area is 179 Å². The van der Waals surface area contributed by atoms with Gasteiger partial charge in [0.15, 0.2) is 0 Å². The van der Waals surface area contributed by atoms with Gasteiger partial charge in [0.05, 0.1) is 25.4 Å². The van der Waals surface area contributed by atoms with E-state index in [0.29, 0.717) is 28.9 Å². The second-order valence-corrected chi connectivity index (χ2v) is 12.2. The Morgan fingerprint density at radius 2 is 1.63 bits per heavy atom. The fraction of sp³-hybridized carbons (Fsp3) is 0.955. The summed E-state index contributed by atoms with van der Waals surface area (Å²) in [6.45, 7) is 4.47. The zero-order valence-electron chi connectivity index (χ0n) is 17.9. The van der Waals surface area contributed by atoms with Gasteiger partial charge >= 0.3 is 5.97 Å². The number of nitrogens with zero attached hydrogens (tertiary/aromatic N) is 1. The molecule has 0 radical (unpaired) electrons. The molecule has 7 nitrogen and oxygen atoms in total. The van der Waals surface area contributed by atoms with Gasteiger partial charge in [0, 0.05) is 31.5 Å². The van der Waals surface area contributed by atoms with E-state index >= 15 is 0 Å². The van der Waals surface area contributed by atoms with Gasteiger partial charge < -0.3 is 9.47 Å². The molecule has 1 N–H and O–H groups in total. The van der Waals surface area contributed by atoms with Gasteiger partial charge in [0.25, 0.3) is 10.1 Å². The number of hydrogen-bond acceptors (Lipinski definition) is 6. The summed E-state index contributed by atoms with van der Waals surface area (Å²) in [6.07, 6.45) is 12.1. The van der Waals surface area contributed by atoms with E-state index in [-0.39, 0.29) is 18.0 Å². The molecule has 2 saturated heterocycles. The molecule has 4 aliphatic carbocycles. The zero-order chi connectivity index (χ0) is 21.1. The Morgan fingerprint density at radius 1 is 1.03 bits per heavy atom. The Hall–Kier alpha value is -0.700. The van der Waals surface area contributed by atoms with Crippen molar-refractivity contribution in [1.82, 2.24) is 4.90 Å². The summed E-state index contributed by atoms with van der Waals surface area (Å²) in [6, 6.07) is 0. The quantitative estimate of drug-likeness (QED) is 0.519. The Bertz CT molecular complexity index is 775. The van der Waals surface area contributed by atoms with Crippen molar-refractivity contribution in [3.8, 4) is 0 Å². The van der Waals surface area contributed by atoms with E-state index in [4.69, 9.17) is 14.0 Å². The maximum Gasteiger partial charge on any atom is 0.310 e. The molecule has 0 bridgehead atoms. The molecule has 0 aromatic heterocycles. The summed E-state index contributed by atoms with van der Waals surface area (Å²) in [5.41, 5.74) is 1.22. The molecule has 4 saturated carbocycles. The van der Waals surface area contributed by atoms with Crippen LogP contribution >= 0.6 is 0 Å². The van der Waals surface area contributed by atoms with Crippen LogP contribution in [0.4, 0.5) is 0 Å². The summed E-state index contributed by atoms with van der Waals surface area (Å²) in [7, 11) is -3.67. The largest absolute Gasteiger partial charge is 0.461 e. The molecular formula is C22H35NO6S. The fourth-order valence-electron chi connectivity index (χ4n) is 7.33. The highest BCUT2D eigenvalue weighted by molar-refractivity contribution is 7.85. The SMILES string of the molecule is CS(=O)(=O)O.O=C1O[C@H]2[C@@H](CCC3(CC3)[C@@H]3CCC4(CC4)[C@H]23)[C@@H]1CN1CCOCC1. The standard InChI is InChI=1S/C21H31NO3.CH4O3S/c23-19-15(13-22-9-11-24-12-10-22)14-1-3-20(5-6-20)16-2-4-21(7-8-21)17(16)18(14)25-19;1-5(2,3)4/h14-18H,1-13H2;1H3,(H,2,3,4)/t14-,15-,16+,17-,18-;/m0./s1. The van der Waals surface area contributed by atoms with Crippen LogP contribution in [0.25, 0.3) is 0 Å². The maximum atomic E-state index is 12.8. The molecule has 0 amide bonds. The van der Waals surface area contributed by atoms with Gasteiger partial charge in [-0.25, -0.2) is 0 Å². The number of carbonyl (C=O) groups is 1. The van der Waals surface area contributed by atoms with Crippen molar-refractivity contribution in [2.75, 3.05) is 39.1 Å². The summed E-state index contributed by atoms with van der Waals surface area (Å²) in [4.78, 5) is 15.3. The van der Waals surface area contributed by atoms with Gasteiger partial charge in [-0.1, -0.05) is 0 Å². The number of morpholine rings is 1. The minimum Gasteiger partial charge on any atom is -0.461 e. The van der Waals surface area contributed by atoms with Crippen molar-refractivity contribution in [2.45, 2.75) is 57.5 Å². The lowest BCUT2D eigenvalue weighted by Gasteiger charge is -2.33.